The van der Waals surface area contributed by atoms with Crippen molar-refractivity contribution >= 4 is 20.7 Å². The van der Waals surface area contributed by atoms with Crippen LogP contribution in [0.25, 0.3) is 10.9 Å². The SMILES string of the molecule is O=S(=O)(c1cccc(C(F)(F)F)c1)c1cnc2[c]cccc2c1. The normalized spacial score (nSPS) is 12.5. The molecule has 0 atom stereocenters. The summed E-state index contributed by atoms with van der Waals surface area (Å²) < 4.78 is 63.3. The third kappa shape index (κ3) is 2.92. The number of aromatic nitrogens is 1. The topological polar surface area (TPSA) is 47.0 Å². The predicted molar refractivity (Wildman–Crippen MR) is 77.5 cm³/mol. The van der Waals surface area contributed by atoms with Crippen LogP contribution in [-0.4, -0.2) is 13.4 Å². The first-order valence-corrected chi connectivity index (χ1v) is 7.95. The number of fused-ring (bicyclic) bond motifs is 1. The van der Waals surface area contributed by atoms with Crippen molar-refractivity contribution in [2.24, 2.45) is 0 Å². The van der Waals surface area contributed by atoms with Crippen LogP contribution in [0.3, 0.4) is 0 Å². The van der Waals surface area contributed by atoms with E-state index < -0.39 is 26.5 Å². The number of sulfone groups is 1. The van der Waals surface area contributed by atoms with Crippen LogP contribution in [0.2, 0.25) is 0 Å². The lowest BCUT2D eigenvalue weighted by Gasteiger charge is -2.09. The first-order valence-electron chi connectivity index (χ1n) is 6.47. The van der Waals surface area contributed by atoms with Gasteiger partial charge >= 0.3 is 6.18 Å². The summed E-state index contributed by atoms with van der Waals surface area (Å²) in [5.41, 5.74) is -0.531. The number of pyridine rings is 1. The van der Waals surface area contributed by atoms with E-state index >= 15 is 0 Å². The summed E-state index contributed by atoms with van der Waals surface area (Å²) in [4.78, 5) is 3.40. The van der Waals surface area contributed by atoms with Gasteiger partial charge in [0.15, 0.2) is 0 Å². The van der Waals surface area contributed by atoms with Gasteiger partial charge < -0.3 is 0 Å². The highest BCUT2D eigenvalue weighted by Gasteiger charge is 2.32. The van der Waals surface area contributed by atoms with Crippen molar-refractivity contribution in [1.82, 2.24) is 4.98 Å². The van der Waals surface area contributed by atoms with Crippen LogP contribution >= 0.6 is 0 Å². The second-order valence-electron chi connectivity index (χ2n) is 4.81. The van der Waals surface area contributed by atoms with E-state index in [1.165, 1.54) is 6.07 Å². The Balaban J connectivity index is 2.13. The van der Waals surface area contributed by atoms with Gasteiger partial charge in [-0.2, -0.15) is 13.2 Å². The Morgan fingerprint density at radius 2 is 1.78 bits per heavy atom. The van der Waals surface area contributed by atoms with Gasteiger partial charge in [-0.3, -0.25) is 4.98 Å². The molecule has 1 heterocycles. The van der Waals surface area contributed by atoms with Crippen molar-refractivity contribution in [3.05, 3.63) is 66.4 Å². The molecule has 0 saturated carbocycles. The van der Waals surface area contributed by atoms with E-state index in [-0.39, 0.29) is 4.90 Å². The Kier molecular flexibility index (Phi) is 3.60. The molecular formula is C16H9F3NO2S. The number of hydrogen-bond donors (Lipinski definition) is 0. The summed E-state index contributed by atoms with van der Waals surface area (Å²) in [5.74, 6) is 0. The van der Waals surface area contributed by atoms with E-state index in [4.69, 9.17) is 0 Å². The summed E-state index contributed by atoms with van der Waals surface area (Å²) in [6, 6.07) is 12.8. The summed E-state index contributed by atoms with van der Waals surface area (Å²) >= 11 is 0. The number of nitrogens with zero attached hydrogens (tertiary/aromatic N) is 1. The molecule has 0 unspecified atom stereocenters. The standard InChI is InChI=1S/C16H9F3NO2S/c17-16(18,19)12-5-3-6-13(9-12)23(21,22)14-8-11-4-1-2-7-15(11)20-10-14/h1-6,8-10H. The van der Waals surface area contributed by atoms with E-state index in [1.54, 1.807) is 18.2 Å². The van der Waals surface area contributed by atoms with Crippen LogP contribution in [0.1, 0.15) is 5.56 Å². The number of para-hydroxylation sites is 1. The first-order chi connectivity index (χ1) is 10.8. The molecule has 0 aliphatic rings. The van der Waals surface area contributed by atoms with Gasteiger partial charge in [-0.05, 0) is 24.3 Å². The third-order valence-corrected chi connectivity index (χ3v) is 4.98. The summed E-state index contributed by atoms with van der Waals surface area (Å²) in [5, 5.41) is 0.542. The zero-order valence-corrected chi connectivity index (χ0v) is 12.3. The largest absolute Gasteiger partial charge is 0.416 e. The molecule has 3 rings (SSSR count). The Morgan fingerprint density at radius 1 is 1.00 bits per heavy atom. The van der Waals surface area contributed by atoms with Crippen LogP contribution in [0.15, 0.2) is 64.5 Å². The minimum Gasteiger partial charge on any atom is -0.254 e. The van der Waals surface area contributed by atoms with Gasteiger partial charge in [0.25, 0.3) is 0 Å². The Labute approximate surface area is 130 Å². The Morgan fingerprint density at radius 3 is 2.52 bits per heavy atom. The van der Waals surface area contributed by atoms with Crippen molar-refractivity contribution in [1.29, 1.82) is 0 Å². The molecule has 3 nitrogen and oxygen atoms in total. The fourth-order valence-electron chi connectivity index (χ4n) is 2.11. The molecule has 0 aliphatic carbocycles. The fraction of sp³-hybridized carbons (Fsp3) is 0.0625. The van der Waals surface area contributed by atoms with Crippen LogP contribution in [0, 0.1) is 6.07 Å². The van der Waals surface area contributed by atoms with Crippen molar-refractivity contribution in [3.8, 4) is 0 Å². The van der Waals surface area contributed by atoms with Crippen LogP contribution in [-0.2, 0) is 16.0 Å². The number of rotatable bonds is 2. The highest BCUT2D eigenvalue weighted by atomic mass is 32.2. The monoisotopic (exact) mass is 336 g/mol. The van der Waals surface area contributed by atoms with Gasteiger partial charge in [0.2, 0.25) is 9.84 Å². The van der Waals surface area contributed by atoms with E-state index in [9.17, 15) is 21.6 Å². The molecule has 2 aromatic carbocycles. The van der Waals surface area contributed by atoms with Crippen LogP contribution in [0.4, 0.5) is 13.2 Å². The minimum atomic E-state index is -4.61. The highest BCUT2D eigenvalue weighted by Crippen LogP contribution is 2.32. The minimum absolute atomic E-state index is 0.163. The first kappa shape index (κ1) is 15.5. The van der Waals surface area contributed by atoms with Gasteiger partial charge in [0, 0.05) is 17.6 Å². The Hall–Kier alpha value is -2.41. The highest BCUT2D eigenvalue weighted by molar-refractivity contribution is 7.91. The van der Waals surface area contributed by atoms with E-state index in [0.717, 1.165) is 24.4 Å². The molecule has 0 aliphatic heterocycles. The lowest BCUT2D eigenvalue weighted by molar-refractivity contribution is -0.137. The van der Waals surface area contributed by atoms with Crippen LogP contribution in [0.5, 0.6) is 0 Å². The molecule has 0 N–H and O–H groups in total. The molecule has 0 fully saturated rings. The van der Waals surface area contributed by atoms with Crippen molar-refractivity contribution in [2.75, 3.05) is 0 Å². The quantitative estimate of drug-likeness (QED) is 0.713. The van der Waals surface area contributed by atoms with Crippen molar-refractivity contribution in [3.63, 3.8) is 0 Å². The van der Waals surface area contributed by atoms with E-state index in [2.05, 4.69) is 11.1 Å². The molecule has 23 heavy (non-hydrogen) atoms. The zero-order valence-electron chi connectivity index (χ0n) is 11.5. The molecule has 0 amide bonds. The predicted octanol–water partition coefficient (Wildman–Crippen LogP) is 3.89. The molecule has 0 bridgehead atoms. The van der Waals surface area contributed by atoms with Gasteiger partial charge in [-0.25, -0.2) is 8.42 Å². The maximum absolute atomic E-state index is 12.8. The molecule has 7 heteroatoms. The number of benzene rings is 2. The van der Waals surface area contributed by atoms with Crippen LogP contribution < -0.4 is 0 Å². The smallest absolute Gasteiger partial charge is 0.254 e. The lowest BCUT2D eigenvalue weighted by atomic mass is 10.2. The number of halogens is 3. The summed E-state index contributed by atoms with van der Waals surface area (Å²) in [6.07, 6.45) is -3.49. The van der Waals surface area contributed by atoms with Gasteiger partial charge in [0.1, 0.15) is 0 Å². The second kappa shape index (κ2) is 5.34. The summed E-state index contributed by atoms with van der Waals surface area (Å²) in [6.45, 7) is 0. The number of alkyl halides is 3. The molecule has 3 aromatic rings. The lowest BCUT2D eigenvalue weighted by Crippen LogP contribution is -2.08. The molecular weight excluding hydrogens is 327 g/mol. The average molecular weight is 336 g/mol. The molecule has 117 valence electrons. The van der Waals surface area contributed by atoms with E-state index in [1.807, 2.05) is 0 Å². The van der Waals surface area contributed by atoms with E-state index in [0.29, 0.717) is 17.0 Å². The molecule has 1 radical (unpaired) electrons. The van der Waals surface area contributed by atoms with Crippen molar-refractivity contribution in [2.45, 2.75) is 16.0 Å². The fourth-order valence-corrected chi connectivity index (χ4v) is 3.40. The Bertz CT molecular complexity index is 982. The van der Waals surface area contributed by atoms with Gasteiger partial charge in [-0.15, -0.1) is 0 Å². The maximum atomic E-state index is 12.8. The van der Waals surface area contributed by atoms with Gasteiger partial charge in [0.05, 0.1) is 20.9 Å². The number of hydrogen-bond acceptors (Lipinski definition) is 3. The molecule has 0 saturated heterocycles. The average Bonchev–Trinajstić information content (AvgIpc) is 2.53. The van der Waals surface area contributed by atoms with Crippen molar-refractivity contribution < 1.29 is 21.6 Å². The molecule has 1 aromatic heterocycles. The summed E-state index contributed by atoms with van der Waals surface area (Å²) in [7, 11) is -4.09. The second-order valence-corrected chi connectivity index (χ2v) is 6.76. The maximum Gasteiger partial charge on any atom is 0.416 e. The third-order valence-electron chi connectivity index (χ3n) is 3.27. The molecule has 0 spiro atoms. The van der Waals surface area contributed by atoms with Gasteiger partial charge in [-0.1, -0.05) is 24.3 Å². The zero-order chi connectivity index (χ0) is 16.7.